The van der Waals surface area contributed by atoms with Crippen molar-refractivity contribution in [2.24, 2.45) is 0 Å². The van der Waals surface area contributed by atoms with Gasteiger partial charge in [-0.15, -0.1) is 0 Å². The molecule has 0 unspecified atom stereocenters. The van der Waals surface area contributed by atoms with Crippen LogP contribution in [0.3, 0.4) is 0 Å². The fourth-order valence-electron chi connectivity index (χ4n) is 3.72. The lowest BCUT2D eigenvalue weighted by Gasteiger charge is -2.22. The maximum absolute atomic E-state index is 12.1. The zero-order valence-electron chi connectivity index (χ0n) is 18.2. The lowest BCUT2D eigenvalue weighted by atomic mass is 10.1. The van der Waals surface area contributed by atoms with Gasteiger partial charge in [0.25, 0.3) is 0 Å². The molecule has 1 aliphatic heterocycles. The fourth-order valence-corrected chi connectivity index (χ4v) is 5.07. The van der Waals surface area contributed by atoms with Crippen LogP contribution in [0.5, 0.6) is 0 Å². The van der Waals surface area contributed by atoms with Crippen LogP contribution in [0.2, 0.25) is 10.0 Å². The molecule has 2 aromatic rings. The molecule has 7 nitrogen and oxygen atoms in total. The predicted molar refractivity (Wildman–Crippen MR) is 125 cm³/mol. The molecule has 0 spiro atoms. The van der Waals surface area contributed by atoms with Crippen molar-refractivity contribution in [3.8, 4) is 11.3 Å². The Labute approximate surface area is 194 Å². The molecule has 0 bridgehead atoms. The van der Waals surface area contributed by atoms with Crippen molar-refractivity contribution in [2.45, 2.75) is 45.8 Å². The highest BCUT2D eigenvalue weighted by molar-refractivity contribution is 7.88. The minimum Gasteiger partial charge on any atom is -0.375 e. The summed E-state index contributed by atoms with van der Waals surface area (Å²) in [6.07, 6.45) is 2.27. The van der Waals surface area contributed by atoms with E-state index in [0.717, 1.165) is 22.6 Å². The van der Waals surface area contributed by atoms with E-state index in [1.165, 1.54) is 10.6 Å². The smallest absolute Gasteiger partial charge is 0.211 e. The van der Waals surface area contributed by atoms with E-state index in [2.05, 4.69) is 5.32 Å². The van der Waals surface area contributed by atoms with E-state index in [1.54, 1.807) is 12.1 Å². The molecule has 170 valence electrons. The third-order valence-corrected chi connectivity index (χ3v) is 7.08. The molecule has 0 aliphatic carbocycles. The number of sulfonamides is 1. The number of hydrogen-bond donors (Lipinski definition) is 1. The quantitative estimate of drug-likeness (QED) is 0.605. The molecule has 1 aromatic carbocycles. The van der Waals surface area contributed by atoms with Crippen molar-refractivity contribution in [1.82, 2.24) is 14.3 Å². The molecule has 2 heterocycles. The molecule has 31 heavy (non-hydrogen) atoms. The summed E-state index contributed by atoms with van der Waals surface area (Å²) in [7, 11) is -3.31. The number of nitrogens with zero attached hydrogens (tertiary/aromatic N) is 3. The Morgan fingerprint density at radius 3 is 2.42 bits per heavy atom. The second kappa shape index (κ2) is 10.0. The van der Waals surface area contributed by atoms with Gasteiger partial charge in [0, 0.05) is 30.3 Å². The van der Waals surface area contributed by atoms with Gasteiger partial charge in [0.15, 0.2) is 0 Å². The highest BCUT2D eigenvalue weighted by Crippen LogP contribution is 2.33. The topological polar surface area (TPSA) is 84.4 Å². The van der Waals surface area contributed by atoms with Crippen LogP contribution in [0.25, 0.3) is 11.3 Å². The zero-order valence-corrected chi connectivity index (χ0v) is 20.5. The number of halogens is 2. The second-order valence-electron chi connectivity index (χ2n) is 7.47. The first kappa shape index (κ1) is 24.2. The predicted octanol–water partition coefficient (Wildman–Crippen LogP) is 4.04. The summed E-state index contributed by atoms with van der Waals surface area (Å²) in [5.74, 6) is 0.651. The number of rotatable bonds is 8. The largest absolute Gasteiger partial charge is 0.375 e. The van der Waals surface area contributed by atoms with Gasteiger partial charge in [-0.2, -0.15) is 4.31 Å². The number of anilines is 1. The fraction of sp³-hybridized carbons (Fsp3) is 0.524. The average molecular weight is 487 g/mol. The maximum atomic E-state index is 12.1. The van der Waals surface area contributed by atoms with Crippen LogP contribution in [0.1, 0.15) is 32.2 Å². The Balaban J connectivity index is 1.98. The van der Waals surface area contributed by atoms with E-state index in [4.69, 9.17) is 37.9 Å². The summed E-state index contributed by atoms with van der Waals surface area (Å²) in [5, 5.41) is 4.50. The van der Waals surface area contributed by atoms with E-state index in [1.807, 2.05) is 26.8 Å². The van der Waals surface area contributed by atoms with E-state index in [0.29, 0.717) is 48.4 Å². The van der Waals surface area contributed by atoms with E-state index < -0.39 is 10.0 Å². The van der Waals surface area contributed by atoms with Crippen LogP contribution in [0, 0.1) is 0 Å². The van der Waals surface area contributed by atoms with Crippen molar-refractivity contribution in [1.29, 1.82) is 0 Å². The third kappa shape index (κ3) is 5.49. The summed E-state index contributed by atoms with van der Waals surface area (Å²) in [4.78, 5) is 9.74. The molecule has 1 aromatic heterocycles. The van der Waals surface area contributed by atoms with Crippen molar-refractivity contribution in [3.05, 3.63) is 39.6 Å². The van der Waals surface area contributed by atoms with Gasteiger partial charge >= 0.3 is 0 Å². The SMILES string of the molecule is CCO[C@@H]1CN(S(C)(=O)=O)C[C@@H]1Nc1nc(CC)c(-c2ccc(Cl)cc2Cl)nc1CC. The van der Waals surface area contributed by atoms with Gasteiger partial charge in [0.05, 0.1) is 40.5 Å². The molecule has 0 saturated carbocycles. The number of ether oxygens (including phenoxy) is 1. The number of aryl methyl sites for hydroxylation is 2. The van der Waals surface area contributed by atoms with Crippen LogP contribution in [0.4, 0.5) is 5.82 Å². The van der Waals surface area contributed by atoms with Crippen molar-refractivity contribution < 1.29 is 13.2 Å². The van der Waals surface area contributed by atoms with Gasteiger partial charge in [0.2, 0.25) is 10.0 Å². The highest BCUT2D eigenvalue weighted by atomic mass is 35.5. The monoisotopic (exact) mass is 486 g/mol. The van der Waals surface area contributed by atoms with Gasteiger partial charge in [-0.05, 0) is 38.0 Å². The Hall–Kier alpha value is -1.45. The highest BCUT2D eigenvalue weighted by Gasteiger charge is 2.38. The summed E-state index contributed by atoms with van der Waals surface area (Å²) in [6, 6.07) is 5.12. The molecule has 1 fully saturated rings. The third-order valence-electron chi connectivity index (χ3n) is 5.30. The number of aromatic nitrogens is 2. The first-order valence-corrected chi connectivity index (χ1v) is 13.0. The zero-order chi connectivity index (χ0) is 22.8. The minimum absolute atomic E-state index is 0.219. The van der Waals surface area contributed by atoms with E-state index >= 15 is 0 Å². The normalized spacial score (nSPS) is 19.7. The van der Waals surface area contributed by atoms with Gasteiger partial charge < -0.3 is 10.1 Å². The Kier molecular flexibility index (Phi) is 7.81. The molecule has 10 heteroatoms. The summed E-state index contributed by atoms with van der Waals surface area (Å²) in [5.41, 5.74) is 3.10. The Morgan fingerprint density at radius 2 is 1.84 bits per heavy atom. The number of hydrogen-bond acceptors (Lipinski definition) is 6. The molecule has 1 saturated heterocycles. The lowest BCUT2D eigenvalue weighted by molar-refractivity contribution is 0.0677. The molecular formula is C21H28Cl2N4O3S. The maximum Gasteiger partial charge on any atom is 0.211 e. The summed E-state index contributed by atoms with van der Waals surface area (Å²) in [6.45, 7) is 7.05. The Bertz CT molecular complexity index is 1050. The first-order chi connectivity index (χ1) is 14.7. The van der Waals surface area contributed by atoms with Gasteiger partial charge in [0.1, 0.15) is 5.82 Å². The number of benzene rings is 1. The minimum atomic E-state index is -3.31. The standard InChI is InChI=1S/C21H28Cl2N4O3S/c1-5-16-20(14-9-8-13(22)10-15(14)23)24-17(6-2)21(25-16)26-18-11-27(31(4,28)29)12-19(18)30-7-3/h8-10,18-19H,5-7,11-12H2,1-4H3,(H,25,26)/t18-,19+/m0/s1. The van der Waals surface area contributed by atoms with Crippen molar-refractivity contribution >= 4 is 39.0 Å². The summed E-state index contributed by atoms with van der Waals surface area (Å²) < 4.78 is 31.4. The van der Waals surface area contributed by atoms with Gasteiger partial charge in [-0.3, -0.25) is 0 Å². The van der Waals surface area contributed by atoms with Gasteiger partial charge in [-0.1, -0.05) is 37.0 Å². The Morgan fingerprint density at radius 1 is 1.13 bits per heavy atom. The van der Waals surface area contributed by atoms with Gasteiger partial charge in [-0.25, -0.2) is 18.4 Å². The first-order valence-electron chi connectivity index (χ1n) is 10.4. The van der Waals surface area contributed by atoms with Crippen molar-refractivity contribution in [2.75, 3.05) is 31.3 Å². The number of nitrogens with one attached hydrogen (secondary N) is 1. The molecule has 1 aliphatic rings. The molecular weight excluding hydrogens is 459 g/mol. The molecule has 0 amide bonds. The van der Waals surface area contributed by atoms with Crippen LogP contribution in [0.15, 0.2) is 18.2 Å². The molecule has 1 N–H and O–H groups in total. The second-order valence-corrected chi connectivity index (χ2v) is 10.3. The van der Waals surface area contributed by atoms with Crippen LogP contribution >= 0.6 is 23.2 Å². The van der Waals surface area contributed by atoms with Crippen molar-refractivity contribution in [3.63, 3.8) is 0 Å². The van der Waals surface area contributed by atoms with Crippen LogP contribution < -0.4 is 5.32 Å². The average Bonchev–Trinajstić information content (AvgIpc) is 3.11. The lowest BCUT2D eigenvalue weighted by Crippen LogP contribution is -2.35. The van der Waals surface area contributed by atoms with Crippen LogP contribution in [-0.4, -0.2) is 60.8 Å². The molecule has 3 rings (SSSR count). The van der Waals surface area contributed by atoms with Crippen LogP contribution in [-0.2, 0) is 27.6 Å². The molecule has 0 radical (unpaired) electrons. The summed E-state index contributed by atoms with van der Waals surface area (Å²) >= 11 is 12.5. The van der Waals surface area contributed by atoms with E-state index in [-0.39, 0.29) is 12.1 Å². The molecule has 2 atom stereocenters. The van der Waals surface area contributed by atoms with E-state index in [9.17, 15) is 8.42 Å².